The van der Waals surface area contributed by atoms with E-state index in [2.05, 4.69) is 24.1 Å². The van der Waals surface area contributed by atoms with Gasteiger partial charge >= 0.3 is 0 Å². The highest BCUT2D eigenvalue weighted by molar-refractivity contribution is 8.00. The number of rotatable bonds is 6. The van der Waals surface area contributed by atoms with E-state index in [1.807, 2.05) is 54.3 Å². The number of hydrogen-bond donors (Lipinski definition) is 1. The molecule has 2 atom stereocenters. The zero-order valence-electron chi connectivity index (χ0n) is 17.3. The predicted molar refractivity (Wildman–Crippen MR) is 118 cm³/mol. The third-order valence-electron chi connectivity index (χ3n) is 5.21. The smallest absolute Gasteiger partial charge is 0.236 e. The fraction of sp³-hybridized carbons (Fsp3) is 0.435. The second-order valence-electron chi connectivity index (χ2n) is 7.88. The number of nitrogens with zero attached hydrogens (tertiary/aromatic N) is 2. The molecule has 1 aromatic carbocycles. The maximum absolute atomic E-state index is 13.3. The summed E-state index contributed by atoms with van der Waals surface area (Å²) < 4.78 is 0. The molecule has 0 bridgehead atoms. The number of hydrogen-bond acceptors (Lipinski definition) is 4. The Bertz CT molecular complexity index is 841. The van der Waals surface area contributed by atoms with Crippen LogP contribution in [0.15, 0.2) is 53.6 Å². The number of likely N-dealkylation sites (tertiary alicyclic amines) is 1. The summed E-state index contributed by atoms with van der Waals surface area (Å²) in [6.07, 6.45) is 3.30. The quantitative estimate of drug-likeness (QED) is 0.717. The number of piperidine rings is 1. The normalized spacial score (nSPS) is 17.8. The summed E-state index contributed by atoms with van der Waals surface area (Å²) in [7, 11) is 0. The number of anilines is 1. The summed E-state index contributed by atoms with van der Waals surface area (Å²) in [6.45, 7) is 7.26. The third-order valence-corrected chi connectivity index (χ3v) is 6.75. The number of amides is 2. The monoisotopic (exact) mass is 411 g/mol. The van der Waals surface area contributed by atoms with Gasteiger partial charge in [0.1, 0.15) is 5.82 Å². The number of aromatic nitrogens is 1. The van der Waals surface area contributed by atoms with Gasteiger partial charge in [0.15, 0.2) is 0 Å². The van der Waals surface area contributed by atoms with E-state index in [4.69, 9.17) is 0 Å². The molecule has 6 heteroatoms. The van der Waals surface area contributed by atoms with Gasteiger partial charge in [0.2, 0.25) is 11.8 Å². The molecule has 0 spiro atoms. The number of carbonyl (C=O) groups is 2. The minimum absolute atomic E-state index is 0.0545. The van der Waals surface area contributed by atoms with Crippen molar-refractivity contribution < 1.29 is 9.59 Å². The fourth-order valence-corrected chi connectivity index (χ4v) is 4.65. The molecule has 1 aliphatic heterocycles. The van der Waals surface area contributed by atoms with Crippen LogP contribution in [0, 0.1) is 18.8 Å². The summed E-state index contributed by atoms with van der Waals surface area (Å²) in [5, 5.41) is 2.78. The van der Waals surface area contributed by atoms with Gasteiger partial charge in [-0.15, -0.1) is 11.8 Å². The lowest BCUT2D eigenvalue weighted by Crippen LogP contribution is -2.47. The lowest BCUT2D eigenvalue weighted by molar-refractivity contribution is -0.134. The number of thioether (sulfide) groups is 1. The molecule has 0 aliphatic carbocycles. The van der Waals surface area contributed by atoms with Crippen molar-refractivity contribution in [2.45, 2.75) is 43.8 Å². The van der Waals surface area contributed by atoms with Crippen LogP contribution in [0.2, 0.25) is 0 Å². The molecular weight excluding hydrogens is 382 g/mol. The number of carbonyl (C=O) groups excluding carboxylic acids is 2. The highest BCUT2D eigenvalue weighted by Gasteiger charge is 2.33. The van der Waals surface area contributed by atoms with E-state index in [0.717, 1.165) is 23.3 Å². The standard InChI is InChI=1S/C23H29N3O2S/c1-16(2)20(29-19-11-5-4-6-12-19)23(28)26-14-8-10-18(15-26)22(27)25-21-17(3)9-7-13-24-21/h4-7,9,11-13,16,18,20H,8,10,14-15H2,1-3H3,(H,24,25,27)/t18-,20+/m1/s1. The lowest BCUT2D eigenvalue weighted by Gasteiger charge is -2.35. The largest absolute Gasteiger partial charge is 0.341 e. The first kappa shape index (κ1) is 21.4. The van der Waals surface area contributed by atoms with Crippen molar-refractivity contribution in [1.82, 2.24) is 9.88 Å². The minimum Gasteiger partial charge on any atom is -0.341 e. The molecule has 154 valence electrons. The van der Waals surface area contributed by atoms with Crippen molar-refractivity contribution in [3.05, 3.63) is 54.2 Å². The van der Waals surface area contributed by atoms with Gasteiger partial charge in [0.05, 0.1) is 11.2 Å². The number of benzene rings is 1. The van der Waals surface area contributed by atoms with E-state index in [1.165, 1.54) is 0 Å². The van der Waals surface area contributed by atoms with Crippen molar-refractivity contribution in [1.29, 1.82) is 0 Å². The van der Waals surface area contributed by atoms with Gasteiger partial charge in [-0.25, -0.2) is 4.98 Å². The summed E-state index contributed by atoms with van der Waals surface area (Å²) in [6, 6.07) is 13.8. The maximum Gasteiger partial charge on any atom is 0.236 e. The highest BCUT2D eigenvalue weighted by atomic mass is 32.2. The highest BCUT2D eigenvalue weighted by Crippen LogP contribution is 2.31. The Labute approximate surface area is 177 Å². The van der Waals surface area contributed by atoms with Crippen LogP contribution >= 0.6 is 11.8 Å². The Kier molecular flexibility index (Phi) is 7.31. The van der Waals surface area contributed by atoms with E-state index >= 15 is 0 Å². The average molecular weight is 412 g/mol. The molecule has 2 aromatic rings. The Morgan fingerprint density at radius 2 is 1.93 bits per heavy atom. The van der Waals surface area contributed by atoms with E-state index in [1.54, 1.807) is 18.0 Å². The van der Waals surface area contributed by atoms with Crippen LogP contribution in [0.3, 0.4) is 0 Å². The third kappa shape index (κ3) is 5.60. The molecular formula is C23H29N3O2S. The van der Waals surface area contributed by atoms with Crippen molar-refractivity contribution in [3.63, 3.8) is 0 Å². The molecule has 2 amide bonds. The van der Waals surface area contributed by atoms with Crippen LogP contribution in [-0.2, 0) is 9.59 Å². The summed E-state index contributed by atoms with van der Waals surface area (Å²) in [4.78, 5) is 33.3. The molecule has 0 saturated carbocycles. The van der Waals surface area contributed by atoms with E-state index in [9.17, 15) is 9.59 Å². The molecule has 1 N–H and O–H groups in total. The summed E-state index contributed by atoms with van der Waals surface area (Å²) in [5.41, 5.74) is 0.934. The van der Waals surface area contributed by atoms with E-state index in [0.29, 0.717) is 18.9 Å². The van der Waals surface area contributed by atoms with Crippen molar-refractivity contribution in [2.75, 3.05) is 18.4 Å². The van der Waals surface area contributed by atoms with Crippen molar-refractivity contribution in [3.8, 4) is 0 Å². The van der Waals surface area contributed by atoms with Crippen LogP contribution in [0.1, 0.15) is 32.3 Å². The molecule has 0 radical (unpaired) electrons. The van der Waals surface area contributed by atoms with Crippen LogP contribution in [0.4, 0.5) is 5.82 Å². The molecule has 1 fully saturated rings. The minimum atomic E-state index is -0.205. The number of aryl methyl sites for hydroxylation is 1. The lowest BCUT2D eigenvalue weighted by atomic mass is 9.96. The van der Waals surface area contributed by atoms with Gasteiger partial charge in [-0.05, 0) is 49.4 Å². The summed E-state index contributed by atoms with van der Waals surface area (Å²) >= 11 is 1.61. The van der Waals surface area contributed by atoms with Gasteiger partial charge in [-0.1, -0.05) is 38.1 Å². The van der Waals surface area contributed by atoms with Gasteiger partial charge in [0, 0.05) is 24.2 Å². The van der Waals surface area contributed by atoms with Gasteiger partial charge in [-0.3, -0.25) is 9.59 Å². The number of pyridine rings is 1. The zero-order valence-corrected chi connectivity index (χ0v) is 18.1. The molecule has 0 unspecified atom stereocenters. The fourth-order valence-electron chi connectivity index (χ4n) is 3.52. The van der Waals surface area contributed by atoms with Crippen molar-refractivity contribution in [2.24, 2.45) is 11.8 Å². The predicted octanol–water partition coefficient (Wildman–Crippen LogP) is 4.38. The van der Waals surface area contributed by atoms with E-state index in [-0.39, 0.29) is 28.9 Å². The van der Waals surface area contributed by atoms with Gasteiger partial charge < -0.3 is 10.2 Å². The van der Waals surface area contributed by atoms with Crippen LogP contribution in [0.25, 0.3) is 0 Å². The zero-order chi connectivity index (χ0) is 20.8. The van der Waals surface area contributed by atoms with Gasteiger partial charge in [-0.2, -0.15) is 0 Å². The Hall–Kier alpha value is -2.34. The molecule has 2 heterocycles. The molecule has 1 saturated heterocycles. The Morgan fingerprint density at radius 3 is 2.62 bits per heavy atom. The first-order chi connectivity index (χ1) is 14.0. The van der Waals surface area contributed by atoms with Crippen molar-refractivity contribution >= 4 is 29.4 Å². The van der Waals surface area contributed by atoms with Crippen LogP contribution in [0.5, 0.6) is 0 Å². The van der Waals surface area contributed by atoms with E-state index < -0.39 is 0 Å². The molecule has 3 rings (SSSR count). The molecule has 1 aliphatic rings. The first-order valence-corrected chi connectivity index (χ1v) is 11.1. The molecule has 1 aromatic heterocycles. The van der Waals surface area contributed by atoms with Gasteiger partial charge in [0.25, 0.3) is 0 Å². The maximum atomic E-state index is 13.3. The first-order valence-electron chi connectivity index (χ1n) is 10.2. The second-order valence-corrected chi connectivity index (χ2v) is 9.09. The SMILES string of the molecule is Cc1cccnc1NC(=O)[C@@H]1CCCN(C(=O)[C@@H](Sc2ccccc2)C(C)C)C1. The second kappa shape index (κ2) is 9.92. The topological polar surface area (TPSA) is 62.3 Å². The van der Waals surface area contributed by atoms with Crippen LogP contribution in [-0.4, -0.2) is 40.0 Å². The summed E-state index contributed by atoms with van der Waals surface area (Å²) in [5.74, 6) is 0.670. The molecule has 5 nitrogen and oxygen atoms in total. The Morgan fingerprint density at radius 1 is 1.17 bits per heavy atom. The molecule has 29 heavy (non-hydrogen) atoms. The van der Waals surface area contributed by atoms with Crippen LogP contribution < -0.4 is 5.32 Å². The number of nitrogens with one attached hydrogen (secondary N) is 1. The average Bonchev–Trinajstić information content (AvgIpc) is 2.74. The Balaban J connectivity index is 1.66.